The van der Waals surface area contributed by atoms with E-state index in [0.29, 0.717) is 12.1 Å². The fraction of sp³-hybridized carbons (Fsp3) is 0.480. The Bertz CT molecular complexity index is 1070. The SMILES string of the molecule is O=C(NCc1cn2cc(CNCC3CCC3)ccc2n1)c1cncc(N2CCCCC2)c1. The van der Waals surface area contributed by atoms with Crippen molar-refractivity contribution in [2.24, 2.45) is 5.92 Å². The normalized spacial score (nSPS) is 16.8. The summed E-state index contributed by atoms with van der Waals surface area (Å²) in [5.41, 5.74) is 4.61. The second-order valence-electron chi connectivity index (χ2n) is 9.13. The molecule has 1 amide bonds. The van der Waals surface area contributed by atoms with Crippen LogP contribution in [0.5, 0.6) is 0 Å². The van der Waals surface area contributed by atoms with Gasteiger partial charge in [-0.25, -0.2) is 4.98 Å². The van der Waals surface area contributed by atoms with Gasteiger partial charge in [-0.2, -0.15) is 0 Å². The number of rotatable bonds is 8. The molecule has 32 heavy (non-hydrogen) atoms. The number of piperidine rings is 1. The zero-order valence-electron chi connectivity index (χ0n) is 18.6. The Labute approximate surface area is 189 Å². The molecule has 1 aliphatic heterocycles. The van der Waals surface area contributed by atoms with E-state index in [0.717, 1.165) is 49.1 Å². The Kier molecular flexibility index (Phi) is 6.34. The average molecular weight is 433 g/mol. The van der Waals surface area contributed by atoms with E-state index in [9.17, 15) is 4.79 Å². The van der Waals surface area contributed by atoms with Gasteiger partial charge in [0.1, 0.15) is 5.65 Å². The van der Waals surface area contributed by atoms with Gasteiger partial charge in [-0.15, -0.1) is 0 Å². The van der Waals surface area contributed by atoms with Gasteiger partial charge < -0.3 is 19.9 Å². The number of amides is 1. The number of carbonyl (C=O) groups excluding carboxylic acids is 1. The van der Waals surface area contributed by atoms with Crippen molar-refractivity contribution in [3.05, 3.63) is 59.8 Å². The number of fused-ring (bicyclic) bond motifs is 1. The standard InChI is InChI=1S/C25H32N6O/c32-25(21-11-23(16-27-14-21)30-9-2-1-3-10-30)28-15-22-18-31-17-20(7-8-24(31)29-22)13-26-12-19-5-4-6-19/h7-8,11,14,16-19,26H,1-6,9-10,12-13,15H2,(H,28,32). The van der Waals surface area contributed by atoms with Gasteiger partial charge in [0.05, 0.1) is 29.7 Å². The van der Waals surface area contributed by atoms with Crippen LogP contribution in [0.1, 0.15) is 60.1 Å². The number of nitrogens with zero attached hydrogens (tertiary/aromatic N) is 4. The monoisotopic (exact) mass is 432 g/mol. The van der Waals surface area contributed by atoms with Crippen LogP contribution in [0.2, 0.25) is 0 Å². The number of pyridine rings is 2. The second kappa shape index (κ2) is 9.69. The summed E-state index contributed by atoms with van der Waals surface area (Å²) in [6.07, 6.45) is 15.4. The smallest absolute Gasteiger partial charge is 0.253 e. The van der Waals surface area contributed by atoms with Gasteiger partial charge in [0.25, 0.3) is 5.91 Å². The number of nitrogens with one attached hydrogen (secondary N) is 2. The maximum absolute atomic E-state index is 12.7. The molecule has 1 saturated heterocycles. The Hall–Kier alpha value is -2.93. The van der Waals surface area contributed by atoms with Crippen molar-refractivity contribution in [1.29, 1.82) is 0 Å². The molecule has 168 valence electrons. The molecular weight excluding hydrogens is 400 g/mol. The highest BCUT2D eigenvalue weighted by atomic mass is 16.1. The predicted molar refractivity (Wildman–Crippen MR) is 126 cm³/mol. The first-order valence-corrected chi connectivity index (χ1v) is 11.9. The van der Waals surface area contributed by atoms with E-state index < -0.39 is 0 Å². The van der Waals surface area contributed by atoms with Crippen LogP contribution >= 0.6 is 0 Å². The van der Waals surface area contributed by atoms with Crippen molar-refractivity contribution in [2.75, 3.05) is 24.5 Å². The summed E-state index contributed by atoms with van der Waals surface area (Å²) in [6, 6.07) is 6.11. The molecule has 3 aromatic heterocycles. The zero-order valence-corrected chi connectivity index (χ0v) is 18.6. The lowest BCUT2D eigenvalue weighted by atomic mass is 9.85. The number of hydrogen-bond acceptors (Lipinski definition) is 5. The Morgan fingerprint density at radius 1 is 1.03 bits per heavy atom. The molecule has 1 aliphatic carbocycles. The number of aromatic nitrogens is 3. The van der Waals surface area contributed by atoms with Crippen LogP contribution in [0.3, 0.4) is 0 Å². The molecule has 2 fully saturated rings. The van der Waals surface area contributed by atoms with Crippen LogP contribution in [0.4, 0.5) is 5.69 Å². The van der Waals surface area contributed by atoms with E-state index >= 15 is 0 Å². The van der Waals surface area contributed by atoms with Crippen molar-refractivity contribution in [3.63, 3.8) is 0 Å². The molecule has 2 N–H and O–H groups in total. The van der Waals surface area contributed by atoms with Crippen LogP contribution < -0.4 is 15.5 Å². The molecule has 0 radical (unpaired) electrons. The van der Waals surface area contributed by atoms with E-state index in [1.54, 1.807) is 6.20 Å². The summed E-state index contributed by atoms with van der Waals surface area (Å²) in [6.45, 7) is 4.44. The molecule has 0 atom stereocenters. The first-order valence-electron chi connectivity index (χ1n) is 11.9. The highest BCUT2D eigenvalue weighted by Crippen LogP contribution is 2.25. The van der Waals surface area contributed by atoms with E-state index in [-0.39, 0.29) is 5.91 Å². The lowest BCUT2D eigenvalue weighted by molar-refractivity contribution is 0.0950. The molecular formula is C25H32N6O. The number of hydrogen-bond donors (Lipinski definition) is 2. The maximum Gasteiger partial charge on any atom is 0.253 e. The molecule has 1 saturated carbocycles. The van der Waals surface area contributed by atoms with Crippen molar-refractivity contribution in [2.45, 2.75) is 51.6 Å². The number of imidazole rings is 1. The third kappa shape index (κ3) is 4.93. The average Bonchev–Trinajstić information content (AvgIpc) is 3.22. The topological polar surface area (TPSA) is 74.6 Å². The highest BCUT2D eigenvalue weighted by Gasteiger charge is 2.16. The van der Waals surface area contributed by atoms with Gasteiger partial charge in [-0.1, -0.05) is 12.5 Å². The summed E-state index contributed by atoms with van der Waals surface area (Å²) in [7, 11) is 0. The Balaban J connectivity index is 1.17. The lowest BCUT2D eigenvalue weighted by Gasteiger charge is -2.28. The molecule has 4 heterocycles. The zero-order chi connectivity index (χ0) is 21.8. The van der Waals surface area contributed by atoms with Crippen LogP contribution in [0.25, 0.3) is 5.65 Å². The molecule has 0 aromatic carbocycles. The van der Waals surface area contributed by atoms with Crippen LogP contribution in [0.15, 0.2) is 43.0 Å². The van der Waals surface area contributed by atoms with E-state index in [1.807, 2.05) is 28.9 Å². The molecule has 3 aromatic rings. The lowest BCUT2D eigenvalue weighted by Crippen LogP contribution is -2.30. The maximum atomic E-state index is 12.7. The predicted octanol–water partition coefficient (Wildman–Crippen LogP) is 3.54. The Morgan fingerprint density at radius 2 is 1.91 bits per heavy atom. The summed E-state index contributed by atoms with van der Waals surface area (Å²) in [5.74, 6) is 0.743. The van der Waals surface area contributed by atoms with Gasteiger partial charge in [0.2, 0.25) is 0 Å². The molecule has 0 unspecified atom stereocenters. The largest absolute Gasteiger partial charge is 0.370 e. The minimum atomic E-state index is -0.116. The van der Waals surface area contributed by atoms with E-state index in [1.165, 1.54) is 44.1 Å². The molecule has 0 bridgehead atoms. The van der Waals surface area contributed by atoms with Gasteiger partial charge in [-0.05, 0) is 62.3 Å². The minimum Gasteiger partial charge on any atom is -0.370 e. The van der Waals surface area contributed by atoms with Crippen LogP contribution in [-0.2, 0) is 13.1 Å². The van der Waals surface area contributed by atoms with Gasteiger partial charge in [0.15, 0.2) is 0 Å². The van der Waals surface area contributed by atoms with E-state index in [4.69, 9.17) is 0 Å². The van der Waals surface area contributed by atoms with Crippen LogP contribution in [0, 0.1) is 5.92 Å². The molecule has 2 aliphatic rings. The van der Waals surface area contributed by atoms with Crippen molar-refractivity contribution >= 4 is 17.2 Å². The minimum absolute atomic E-state index is 0.116. The molecule has 0 spiro atoms. The second-order valence-corrected chi connectivity index (χ2v) is 9.13. The summed E-state index contributed by atoms with van der Waals surface area (Å²) >= 11 is 0. The van der Waals surface area contributed by atoms with Gasteiger partial charge in [0, 0.05) is 38.2 Å². The first kappa shape index (κ1) is 20.9. The summed E-state index contributed by atoms with van der Waals surface area (Å²) in [4.78, 5) is 24.0. The van der Waals surface area contributed by atoms with Crippen LogP contribution in [-0.4, -0.2) is 39.9 Å². The van der Waals surface area contributed by atoms with E-state index in [2.05, 4.69) is 37.8 Å². The highest BCUT2D eigenvalue weighted by molar-refractivity contribution is 5.94. The van der Waals surface area contributed by atoms with Crippen molar-refractivity contribution in [3.8, 4) is 0 Å². The number of anilines is 1. The third-order valence-corrected chi connectivity index (χ3v) is 6.69. The molecule has 7 heteroatoms. The quantitative estimate of drug-likeness (QED) is 0.570. The fourth-order valence-electron chi connectivity index (χ4n) is 4.55. The summed E-state index contributed by atoms with van der Waals surface area (Å²) in [5, 5.41) is 6.56. The molecule has 5 rings (SSSR count). The van der Waals surface area contributed by atoms with Crippen molar-refractivity contribution in [1.82, 2.24) is 25.0 Å². The van der Waals surface area contributed by atoms with Gasteiger partial charge in [-0.3, -0.25) is 9.78 Å². The fourth-order valence-corrected chi connectivity index (χ4v) is 4.55. The van der Waals surface area contributed by atoms with Gasteiger partial charge >= 0.3 is 0 Å². The summed E-state index contributed by atoms with van der Waals surface area (Å²) < 4.78 is 2.04. The molecule has 7 nitrogen and oxygen atoms in total. The first-order chi connectivity index (χ1) is 15.7. The number of carbonyl (C=O) groups is 1. The van der Waals surface area contributed by atoms with Crippen molar-refractivity contribution < 1.29 is 4.79 Å². The Morgan fingerprint density at radius 3 is 2.72 bits per heavy atom. The third-order valence-electron chi connectivity index (χ3n) is 6.69.